The van der Waals surface area contributed by atoms with Crippen molar-refractivity contribution in [2.24, 2.45) is 0 Å². The Balaban J connectivity index is 2.37. The van der Waals surface area contributed by atoms with E-state index in [1.165, 1.54) is 18.3 Å². The first kappa shape index (κ1) is 21.2. The maximum atomic E-state index is 13.5. The Kier molecular flexibility index (Phi) is 6.19. The quantitative estimate of drug-likeness (QED) is 0.542. The molecule has 3 aromatic rings. The minimum atomic E-state index is -3.81. The molecule has 1 aromatic heterocycles. The largest absolute Gasteiger partial charge is 0.493 e. The molecule has 0 radical (unpaired) electrons. The molecule has 0 atom stereocenters. The van der Waals surface area contributed by atoms with E-state index in [-0.39, 0.29) is 9.79 Å². The zero-order valence-electron chi connectivity index (χ0n) is 16.8. The molecule has 0 aliphatic rings. The summed E-state index contributed by atoms with van der Waals surface area (Å²) in [6.45, 7) is 5.23. The van der Waals surface area contributed by atoms with Gasteiger partial charge in [-0.1, -0.05) is 11.6 Å². The Morgan fingerprint density at radius 3 is 2.14 bits per heavy atom. The van der Waals surface area contributed by atoms with Crippen LogP contribution in [-0.2, 0) is 9.84 Å². The van der Waals surface area contributed by atoms with Crippen molar-refractivity contribution < 1.29 is 17.9 Å². The van der Waals surface area contributed by atoms with E-state index in [1.807, 2.05) is 18.7 Å². The Labute approximate surface area is 175 Å². The van der Waals surface area contributed by atoms with Gasteiger partial charge in [-0.3, -0.25) is 4.98 Å². The van der Waals surface area contributed by atoms with Gasteiger partial charge in [0.25, 0.3) is 0 Å². The number of rotatable bonds is 7. The van der Waals surface area contributed by atoms with Crippen LogP contribution in [0.25, 0.3) is 10.9 Å². The highest BCUT2D eigenvalue weighted by molar-refractivity contribution is 7.91. The monoisotopic (exact) mass is 434 g/mol. The lowest BCUT2D eigenvalue weighted by Crippen LogP contribution is -2.24. The molecule has 154 valence electrons. The number of nitrogens with zero attached hydrogens (tertiary/aromatic N) is 2. The molecule has 8 heteroatoms. The van der Waals surface area contributed by atoms with E-state index in [1.54, 1.807) is 38.5 Å². The molecule has 0 spiro atoms. The number of fused-ring (bicyclic) bond motifs is 1. The zero-order valence-corrected chi connectivity index (χ0v) is 18.3. The normalized spacial score (nSPS) is 11.5. The van der Waals surface area contributed by atoms with Crippen LogP contribution < -0.4 is 14.4 Å². The van der Waals surface area contributed by atoms with Gasteiger partial charge in [-0.05, 0) is 44.2 Å². The standard InChI is InChI=1S/C21H23ClN2O4S/c1-5-24(6-2)21-16-11-18(27-3)19(28-4)12-17(16)23-13-20(21)29(25,26)15-9-7-14(22)8-10-15/h7-13H,5-6H2,1-4H3. The van der Waals surface area contributed by atoms with Crippen molar-refractivity contribution in [1.82, 2.24) is 4.98 Å². The van der Waals surface area contributed by atoms with Crippen molar-refractivity contribution in [3.05, 3.63) is 47.6 Å². The highest BCUT2D eigenvalue weighted by atomic mass is 35.5. The van der Waals surface area contributed by atoms with Crippen molar-refractivity contribution in [2.45, 2.75) is 23.6 Å². The number of aromatic nitrogens is 1. The average Bonchev–Trinajstić information content (AvgIpc) is 2.73. The lowest BCUT2D eigenvalue weighted by atomic mass is 10.1. The molecule has 0 bridgehead atoms. The maximum absolute atomic E-state index is 13.5. The summed E-state index contributed by atoms with van der Waals surface area (Å²) >= 11 is 5.93. The number of halogens is 1. The van der Waals surface area contributed by atoms with E-state index in [4.69, 9.17) is 21.1 Å². The summed E-state index contributed by atoms with van der Waals surface area (Å²) in [6.07, 6.45) is 1.41. The Morgan fingerprint density at radius 1 is 1.00 bits per heavy atom. The highest BCUT2D eigenvalue weighted by Gasteiger charge is 2.27. The first-order chi connectivity index (χ1) is 13.9. The molecule has 3 rings (SSSR count). The maximum Gasteiger partial charge on any atom is 0.210 e. The van der Waals surface area contributed by atoms with E-state index < -0.39 is 9.84 Å². The predicted octanol–water partition coefficient (Wildman–Crippen LogP) is 4.58. The SMILES string of the molecule is CCN(CC)c1c(S(=O)(=O)c2ccc(Cl)cc2)cnc2cc(OC)c(OC)cc12. The predicted molar refractivity (Wildman–Crippen MR) is 115 cm³/mol. The van der Waals surface area contributed by atoms with Crippen LogP contribution in [0.15, 0.2) is 52.4 Å². The number of sulfone groups is 1. The van der Waals surface area contributed by atoms with Crippen LogP contribution in [0.3, 0.4) is 0 Å². The molecule has 0 fully saturated rings. The van der Waals surface area contributed by atoms with Gasteiger partial charge in [0.15, 0.2) is 11.5 Å². The van der Waals surface area contributed by atoms with Crippen LogP contribution in [-0.4, -0.2) is 40.7 Å². The van der Waals surface area contributed by atoms with Crippen LogP contribution in [0, 0.1) is 0 Å². The molecule has 0 aliphatic heterocycles. The van der Waals surface area contributed by atoms with Gasteiger partial charge in [-0.15, -0.1) is 0 Å². The number of hydrogen-bond donors (Lipinski definition) is 0. The van der Waals surface area contributed by atoms with Crippen molar-refractivity contribution in [3.8, 4) is 11.5 Å². The van der Waals surface area contributed by atoms with Gasteiger partial charge in [0.05, 0.1) is 30.3 Å². The molecule has 6 nitrogen and oxygen atoms in total. The summed E-state index contributed by atoms with van der Waals surface area (Å²) in [6, 6.07) is 9.66. The van der Waals surface area contributed by atoms with Crippen LogP contribution in [0.4, 0.5) is 5.69 Å². The molecule has 1 heterocycles. The fraction of sp³-hybridized carbons (Fsp3) is 0.286. The van der Waals surface area contributed by atoms with Gasteiger partial charge in [-0.2, -0.15) is 0 Å². The third-order valence-corrected chi connectivity index (χ3v) is 6.83. The number of anilines is 1. The van der Waals surface area contributed by atoms with E-state index in [0.717, 1.165) is 0 Å². The fourth-order valence-corrected chi connectivity index (χ4v) is 4.85. The lowest BCUT2D eigenvalue weighted by molar-refractivity contribution is 0.356. The van der Waals surface area contributed by atoms with E-state index in [2.05, 4.69) is 4.98 Å². The minimum absolute atomic E-state index is 0.142. The van der Waals surface area contributed by atoms with Crippen molar-refractivity contribution >= 4 is 38.0 Å². The fourth-order valence-electron chi connectivity index (χ4n) is 3.29. The van der Waals surface area contributed by atoms with Crippen LogP contribution in [0.1, 0.15) is 13.8 Å². The summed E-state index contributed by atoms with van der Waals surface area (Å²) in [4.78, 5) is 6.72. The van der Waals surface area contributed by atoms with Crippen molar-refractivity contribution in [1.29, 1.82) is 0 Å². The molecule has 0 saturated heterocycles. The second-order valence-corrected chi connectivity index (χ2v) is 8.68. The number of pyridine rings is 1. The third-order valence-electron chi connectivity index (χ3n) is 4.80. The minimum Gasteiger partial charge on any atom is -0.493 e. The lowest BCUT2D eigenvalue weighted by Gasteiger charge is -2.26. The van der Waals surface area contributed by atoms with Crippen molar-refractivity contribution in [3.63, 3.8) is 0 Å². The van der Waals surface area contributed by atoms with Gasteiger partial charge in [0.2, 0.25) is 9.84 Å². The Hall–Kier alpha value is -2.51. The molecular weight excluding hydrogens is 412 g/mol. The highest BCUT2D eigenvalue weighted by Crippen LogP contribution is 2.40. The summed E-state index contributed by atoms with van der Waals surface area (Å²) in [5.74, 6) is 1.04. The first-order valence-electron chi connectivity index (χ1n) is 9.17. The van der Waals surface area contributed by atoms with Crippen LogP contribution in [0.5, 0.6) is 11.5 Å². The molecule has 2 aromatic carbocycles. The summed E-state index contributed by atoms with van der Waals surface area (Å²) in [7, 11) is -0.719. The number of ether oxygens (including phenoxy) is 2. The topological polar surface area (TPSA) is 68.7 Å². The number of hydrogen-bond acceptors (Lipinski definition) is 6. The van der Waals surface area contributed by atoms with E-state index in [9.17, 15) is 8.42 Å². The average molecular weight is 435 g/mol. The molecule has 0 N–H and O–H groups in total. The second kappa shape index (κ2) is 8.47. The van der Waals surface area contributed by atoms with Gasteiger partial charge in [-0.25, -0.2) is 8.42 Å². The van der Waals surface area contributed by atoms with E-state index >= 15 is 0 Å². The van der Waals surface area contributed by atoms with E-state index in [0.29, 0.717) is 46.2 Å². The molecule has 0 amide bonds. The summed E-state index contributed by atoms with van der Waals surface area (Å²) in [5, 5.41) is 1.16. The van der Waals surface area contributed by atoms with Crippen LogP contribution >= 0.6 is 11.6 Å². The van der Waals surface area contributed by atoms with Gasteiger partial charge >= 0.3 is 0 Å². The summed E-state index contributed by atoms with van der Waals surface area (Å²) < 4.78 is 37.7. The number of methoxy groups -OCH3 is 2. The molecule has 29 heavy (non-hydrogen) atoms. The molecule has 0 unspecified atom stereocenters. The first-order valence-corrected chi connectivity index (χ1v) is 11.0. The Bertz CT molecular complexity index is 1130. The molecular formula is C21H23ClN2O4S. The molecule has 0 aliphatic carbocycles. The van der Waals surface area contributed by atoms with Gasteiger partial charge in [0, 0.05) is 35.8 Å². The smallest absolute Gasteiger partial charge is 0.210 e. The van der Waals surface area contributed by atoms with Gasteiger partial charge < -0.3 is 14.4 Å². The summed E-state index contributed by atoms with van der Waals surface area (Å²) in [5.41, 5.74) is 1.22. The third kappa shape index (κ3) is 3.84. The Morgan fingerprint density at radius 2 is 1.59 bits per heavy atom. The second-order valence-electron chi connectivity index (χ2n) is 6.33. The van der Waals surface area contributed by atoms with Crippen LogP contribution in [0.2, 0.25) is 5.02 Å². The van der Waals surface area contributed by atoms with Crippen molar-refractivity contribution in [2.75, 3.05) is 32.2 Å². The number of benzene rings is 2. The van der Waals surface area contributed by atoms with Gasteiger partial charge in [0.1, 0.15) is 4.90 Å². The zero-order chi connectivity index (χ0) is 21.2. The molecule has 0 saturated carbocycles.